The lowest BCUT2D eigenvalue weighted by Gasteiger charge is -2.29. The van der Waals surface area contributed by atoms with Gasteiger partial charge in [-0.25, -0.2) is 0 Å². The summed E-state index contributed by atoms with van der Waals surface area (Å²) in [6.07, 6.45) is 1.72. The topological polar surface area (TPSA) is 155 Å². The molecule has 12 nitrogen and oxygen atoms in total. The third kappa shape index (κ3) is 8.46. The molecule has 2 aliphatic heterocycles. The molecule has 0 saturated carbocycles. The molecule has 2 aliphatic rings. The molecule has 3 amide bonds. The Morgan fingerprint density at radius 1 is 1.02 bits per heavy atom. The number of ketones is 1. The summed E-state index contributed by atoms with van der Waals surface area (Å²) in [4.78, 5) is 55.3. The predicted molar refractivity (Wildman–Crippen MR) is 152 cm³/mol. The Morgan fingerprint density at radius 2 is 1.69 bits per heavy atom. The van der Waals surface area contributed by atoms with Gasteiger partial charge in [-0.05, 0) is 44.3 Å². The molecule has 2 fully saturated rings. The second-order valence-corrected chi connectivity index (χ2v) is 11.6. The highest BCUT2D eigenvalue weighted by Crippen LogP contribution is 2.29. The first-order valence-electron chi connectivity index (χ1n) is 14.4. The highest BCUT2D eigenvalue weighted by molar-refractivity contribution is 5.99. The minimum atomic E-state index is -1.11. The van der Waals surface area contributed by atoms with Crippen molar-refractivity contribution in [1.29, 1.82) is 0 Å². The van der Waals surface area contributed by atoms with Crippen molar-refractivity contribution in [3.63, 3.8) is 0 Å². The molecule has 3 unspecified atom stereocenters. The van der Waals surface area contributed by atoms with Crippen LogP contribution in [0.4, 0.5) is 0 Å². The van der Waals surface area contributed by atoms with Crippen LogP contribution in [0.25, 0.3) is 0 Å². The van der Waals surface area contributed by atoms with Gasteiger partial charge >= 0.3 is 0 Å². The van der Waals surface area contributed by atoms with Gasteiger partial charge < -0.3 is 29.9 Å². The molecule has 1 aromatic heterocycles. The molecule has 0 bridgehead atoms. The zero-order valence-electron chi connectivity index (χ0n) is 24.7. The van der Waals surface area contributed by atoms with Gasteiger partial charge in [0, 0.05) is 19.6 Å². The lowest BCUT2D eigenvalue weighted by molar-refractivity contribution is -0.133. The maximum atomic E-state index is 13.6. The molecule has 0 radical (unpaired) electrons. The number of methoxy groups -OCH3 is 1. The van der Waals surface area contributed by atoms with E-state index in [1.807, 2.05) is 44.2 Å². The number of aromatic nitrogens is 1. The molecule has 3 heterocycles. The first-order chi connectivity index (χ1) is 20.1. The lowest BCUT2D eigenvalue weighted by atomic mass is 9.93. The van der Waals surface area contributed by atoms with Crippen LogP contribution in [-0.2, 0) is 36.8 Å². The van der Waals surface area contributed by atoms with Crippen LogP contribution in [0.3, 0.4) is 0 Å². The van der Waals surface area contributed by atoms with Crippen LogP contribution in [0.2, 0.25) is 0 Å². The summed E-state index contributed by atoms with van der Waals surface area (Å²) in [6, 6.07) is 7.86. The molecule has 4 rings (SSSR count). The maximum absolute atomic E-state index is 13.6. The van der Waals surface area contributed by atoms with Crippen LogP contribution in [0, 0.1) is 5.92 Å². The van der Waals surface area contributed by atoms with E-state index in [-0.39, 0.29) is 30.4 Å². The number of nitrogens with one attached hydrogen (secondary N) is 3. The number of Topliss-reactive ketones (excluding diaryl/α,β-unsaturated/α-hetero) is 1. The van der Waals surface area contributed by atoms with Crippen LogP contribution in [-0.4, -0.2) is 90.7 Å². The molecule has 0 aliphatic carbocycles. The van der Waals surface area contributed by atoms with E-state index in [1.165, 1.54) is 7.11 Å². The molecule has 2 aromatic rings. The number of rotatable bonds is 16. The fourth-order valence-corrected chi connectivity index (χ4v) is 4.76. The zero-order valence-corrected chi connectivity index (χ0v) is 24.7. The number of carbonyl (C=O) groups excluding carboxylic acids is 4. The minimum Gasteiger partial charge on any atom is -0.382 e. The number of epoxide rings is 1. The van der Waals surface area contributed by atoms with Crippen molar-refractivity contribution in [2.24, 2.45) is 5.92 Å². The van der Waals surface area contributed by atoms with Crippen molar-refractivity contribution in [3.8, 4) is 0 Å². The Balaban J connectivity index is 1.46. The molecule has 3 N–H and O–H groups in total. The van der Waals surface area contributed by atoms with Gasteiger partial charge in [-0.1, -0.05) is 49.3 Å². The summed E-state index contributed by atoms with van der Waals surface area (Å²) in [7, 11) is 1.41. The van der Waals surface area contributed by atoms with E-state index < -0.39 is 41.4 Å². The summed E-state index contributed by atoms with van der Waals surface area (Å²) in [5, 5.41) is 12.1. The monoisotopic (exact) mass is 583 g/mol. The van der Waals surface area contributed by atoms with Gasteiger partial charge in [-0.3, -0.25) is 24.1 Å². The summed E-state index contributed by atoms with van der Waals surface area (Å²) >= 11 is 0. The van der Waals surface area contributed by atoms with Crippen LogP contribution in [0.5, 0.6) is 0 Å². The van der Waals surface area contributed by atoms with Crippen molar-refractivity contribution in [3.05, 3.63) is 53.4 Å². The smallest absolute Gasteiger partial charge is 0.274 e. The largest absolute Gasteiger partial charge is 0.382 e. The molecule has 228 valence electrons. The van der Waals surface area contributed by atoms with Crippen LogP contribution in [0.15, 0.2) is 40.9 Å². The van der Waals surface area contributed by atoms with E-state index in [4.69, 9.17) is 14.0 Å². The number of likely N-dealkylation sites (tertiary alicyclic amines) is 1. The van der Waals surface area contributed by atoms with Crippen molar-refractivity contribution < 1.29 is 33.2 Å². The average Bonchev–Trinajstić information content (AvgIpc) is 3.51. The minimum absolute atomic E-state index is 0.0452. The van der Waals surface area contributed by atoms with Gasteiger partial charge in [-0.2, -0.15) is 0 Å². The molecular weight excluding hydrogens is 542 g/mol. The normalized spacial score (nSPS) is 20.2. The van der Waals surface area contributed by atoms with Crippen LogP contribution < -0.4 is 16.0 Å². The van der Waals surface area contributed by atoms with Crippen LogP contribution in [0.1, 0.15) is 55.4 Å². The summed E-state index contributed by atoms with van der Waals surface area (Å²) in [6.45, 7) is 8.30. The van der Waals surface area contributed by atoms with E-state index in [9.17, 15) is 19.2 Å². The predicted octanol–water partition coefficient (Wildman–Crippen LogP) is 1.24. The standard InChI is InChI=1S/C30H41N5O7/c1-19(2)13-22(26(36)30(3)18-41-30)31-27(37)23(14-20-9-6-5-7-10-20)32-29(39)25(17-40-4)33-28(38)24-15-21(42-34-24)16-35-11-8-12-35/h5-7,9-10,15,19,22-23,25H,8,11-14,16-18H2,1-4H3,(H,31,37)(H,32,39)(H,33,38)/t22?,23?,25?,30-/m1/s1. The molecule has 12 heteroatoms. The summed E-state index contributed by atoms with van der Waals surface area (Å²) in [5.74, 6) is -1.23. The van der Waals surface area contributed by atoms with E-state index in [0.717, 1.165) is 25.1 Å². The van der Waals surface area contributed by atoms with Gasteiger partial charge in [0.2, 0.25) is 11.8 Å². The van der Waals surface area contributed by atoms with Gasteiger partial charge in [0.15, 0.2) is 17.2 Å². The van der Waals surface area contributed by atoms with Gasteiger partial charge in [-0.15, -0.1) is 0 Å². The third-order valence-electron chi connectivity index (χ3n) is 7.43. The van der Waals surface area contributed by atoms with Crippen molar-refractivity contribution >= 4 is 23.5 Å². The third-order valence-corrected chi connectivity index (χ3v) is 7.43. The van der Waals surface area contributed by atoms with Gasteiger partial charge in [0.05, 0.1) is 25.8 Å². The van der Waals surface area contributed by atoms with E-state index in [2.05, 4.69) is 26.0 Å². The van der Waals surface area contributed by atoms with E-state index in [1.54, 1.807) is 13.0 Å². The molecule has 0 spiro atoms. The van der Waals surface area contributed by atoms with E-state index in [0.29, 0.717) is 25.3 Å². The Morgan fingerprint density at radius 3 is 2.29 bits per heavy atom. The highest BCUT2D eigenvalue weighted by atomic mass is 16.6. The van der Waals surface area contributed by atoms with E-state index >= 15 is 0 Å². The molecule has 4 atom stereocenters. The van der Waals surface area contributed by atoms with Crippen molar-refractivity contribution in [2.45, 2.75) is 70.3 Å². The van der Waals surface area contributed by atoms with Crippen LogP contribution >= 0.6 is 0 Å². The van der Waals surface area contributed by atoms with Crippen molar-refractivity contribution in [2.75, 3.05) is 33.4 Å². The quantitative estimate of drug-likeness (QED) is 0.248. The van der Waals surface area contributed by atoms with Gasteiger partial charge in [0.25, 0.3) is 5.91 Å². The lowest BCUT2D eigenvalue weighted by Crippen LogP contribution is -2.58. The highest BCUT2D eigenvalue weighted by Gasteiger charge is 2.50. The second-order valence-electron chi connectivity index (χ2n) is 11.6. The Kier molecular flexibility index (Phi) is 10.5. The molecule has 2 saturated heterocycles. The SMILES string of the molecule is COCC(NC(=O)c1cc(CN2CCC2)on1)C(=O)NC(Cc1ccccc1)C(=O)NC(CC(C)C)C(=O)[C@@]1(C)CO1. The number of amides is 3. The number of nitrogens with zero attached hydrogens (tertiary/aromatic N) is 2. The first kappa shape index (κ1) is 31.3. The Labute approximate surface area is 245 Å². The molecule has 1 aromatic carbocycles. The maximum Gasteiger partial charge on any atom is 0.274 e. The number of ether oxygens (including phenoxy) is 2. The fraction of sp³-hybridized carbons (Fsp3) is 0.567. The zero-order chi connectivity index (χ0) is 30.3. The number of carbonyl (C=O) groups is 4. The summed E-state index contributed by atoms with van der Waals surface area (Å²) in [5.41, 5.74) is -0.0505. The number of benzene rings is 1. The number of hydrogen-bond acceptors (Lipinski definition) is 9. The van der Waals surface area contributed by atoms with Crippen molar-refractivity contribution in [1.82, 2.24) is 26.0 Å². The molecule has 42 heavy (non-hydrogen) atoms. The molecular formula is C30H41N5O7. The summed E-state index contributed by atoms with van der Waals surface area (Å²) < 4.78 is 15.8. The average molecular weight is 584 g/mol. The fourth-order valence-electron chi connectivity index (χ4n) is 4.76. The first-order valence-corrected chi connectivity index (χ1v) is 14.4. The van der Waals surface area contributed by atoms with Gasteiger partial charge in [0.1, 0.15) is 17.7 Å². The Hall–Kier alpha value is -3.61. The second kappa shape index (κ2) is 14.0. The Bertz CT molecular complexity index is 1240. The number of hydrogen-bond donors (Lipinski definition) is 3.